The lowest BCUT2D eigenvalue weighted by atomic mass is 9.69. The number of hydrogen-bond donors (Lipinski definition) is 0. The Balaban J connectivity index is 1.35. The summed E-state index contributed by atoms with van der Waals surface area (Å²) in [7, 11) is -1.90. The fraction of sp³-hybridized carbons (Fsp3) is 0.132. The third-order valence-corrected chi connectivity index (χ3v) is 13.7. The van der Waals surface area contributed by atoms with Crippen molar-refractivity contribution in [2.75, 3.05) is 0 Å². The van der Waals surface area contributed by atoms with Crippen LogP contribution in [0, 0.1) is 0 Å². The molecule has 0 spiro atoms. The smallest absolute Gasteiger partial charge is 0.207 e. The van der Waals surface area contributed by atoms with Crippen molar-refractivity contribution in [1.29, 1.82) is 0 Å². The summed E-state index contributed by atoms with van der Waals surface area (Å²) in [4.78, 5) is 0. The summed E-state index contributed by atoms with van der Waals surface area (Å²) in [5.74, 6) is -1.03. The van der Waals surface area contributed by atoms with Gasteiger partial charge >= 0.3 is 0 Å². The molecule has 0 aliphatic carbocycles. The van der Waals surface area contributed by atoms with Gasteiger partial charge in [0.1, 0.15) is 12.2 Å². The summed E-state index contributed by atoms with van der Waals surface area (Å²) in [5.41, 5.74) is 1.49. The highest BCUT2D eigenvalue weighted by Crippen LogP contribution is 2.66. The maximum Gasteiger partial charge on any atom is 0.207 e. The Morgan fingerprint density at radius 2 is 0.638 bits per heavy atom. The zero-order valence-electron chi connectivity index (χ0n) is 32.3. The molecular weight excluding hydrogens is 732 g/mol. The van der Waals surface area contributed by atoms with E-state index in [-0.39, 0.29) is 0 Å². The highest BCUT2D eigenvalue weighted by atomic mass is 31.2. The second kappa shape index (κ2) is 13.7. The van der Waals surface area contributed by atoms with Crippen molar-refractivity contribution in [3.05, 3.63) is 222 Å². The first-order valence-corrected chi connectivity index (χ1v) is 21.2. The molecule has 11 rings (SSSR count). The van der Waals surface area contributed by atoms with Gasteiger partial charge in [-0.2, -0.15) is 0 Å². The molecule has 4 nitrogen and oxygen atoms in total. The third-order valence-electron chi connectivity index (χ3n) is 12.1. The third kappa shape index (κ3) is 5.41. The van der Waals surface area contributed by atoms with E-state index in [0.29, 0.717) is 0 Å². The van der Waals surface area contributed by atoms with Gasteiger partial charge < -0.3 is 18.5 Å². The summed E-state index contributed by atoms with van der Waals surface area (Å²) < 4.78 is 31.4. The quantitative estimate of drug-likeness (QED) is 0.163. The van der Waals surface area contributed by atoms with Gasteiger partial charge in [0.2, 0.25) is 8.38 Å². The van der Waals surface area contributed by atoms with Crippen LogP contribution in [0.15, 0.2) is 200 Å². The Morgan fingerprint density at radius 3 is 0.983 bits per heavy atom. The van der Waals surface area contributed by atoms with E-state index in [2.05, 4.69) is 194 Å². The van der Waals surface area contributed by atoms with Gasteiger partial charge in [0.25, 0.3) is 0 Å². The molecule has 0 radical (unpaired) electrons. The van der Waals surface area contributed by atoms with Crippen molar-refractivity contribution in [1.82, 2.24) is 0 Å². The topological polar surface area (TPSA) is 36.9 Å². The van der Waals surface area contributed by atoms with Crippen molar-refractivity contribution < 1.29 is 18.5 Å². The predicted molar refractivity (Wildman–Crippen MR) is 236 cm³/mol. The number of ether oxygens (including phenoxy) is 2. The zero-order chi connectivity index (χ0) is 38.9. The normalized spacial score (nSPS) is 20.0. The Kier molecular flexibility index (Phi) is 8.38. The van der Waals surface area contributed by atoms with E-state index in [0.717, 1.165) is 70.6 Å². The lowest BCUT2D eigenvalue weighted by Gasteiger charge is -2.43. The summed E-state index contributed by atoms with van der Waals surface area (Å²) in [6.45, 7) is 4.05. The van der Waals surface area contributed by atoms with E-state index < -0.39 is 37.6 Å². The molecule has 2 fully saturated rings. The zero-order valence-corrected chi connectivity index (χ0v) is 33.2. The van der Waals surface area contributed by atoms with Crippen LogP contribution in [-0.4, -0.2) is 18.0 Å². The summed E-state index contributed by atoms with van der Waals surface area (Å²) >= 11 is 0. The minimum Gasteiger partial charge on any atom is -0.341 e. The van der Waals surface area contributed by atoms with E-state index in [1.807, 2.05) is 19.9 Å². The molecule has 0 N–H and O–H groups in total. The molecule has 58 heavy (non-hydrogen) atoms. The number of benzene rings is 9. The first-order valence-electron chi connectivity index (χ1n) is 20.0. The van der Waals surface area contributed by atoms with Gasteiger partial charge in [0.05, 0.1) is 0 Å². The van der Waals surface area contributed by atoms with Crippen molar-refractivity contribution in [2.45, 2.75) is 43.0 Å². The lowest BCUT2D eigenvalue weighted by Crippen LogP contribution is -2.54. The fourth-order valence-electron chi connectivity index (χ4n) is 9.69. The van der Waals surface area contributed by atoms with Crippen molar-refractivity contribution in [2.24, 2.45) is 0 Å². The van der Waals surface area contributed by atoms with Crippen LogP contribution in [0.1, 0.15) is 36.1 Å². The molecule has 2 aliphatic rings. The van der Waals surface area contributed by atoms with E-state index in [1.54, 1.807) is 0 Å². The second-order valence-corrected chi connectivity index (χ2v) is 17.2. The first kappa shape index (κ1) is 35.5. The molecule has 9 aromatic rings. The average Bonchev–Trinajstić information content (AvgIpc) is 3.56. The fourth-order valence-corrected chi connectivity index (χ4v) is 11.5. The highest BCUT2D eigenvalue weighted by molar-refractivity contribution is 7.56. The molecule has 0 aromatic heterocycles. The summed E-state index contributed by atoms with van der Waals surface area (Å²) in [6, 6.07) is 70.9. The Labute approximate surface area is 339 Å². The van der Waals surface area contributed by atoms with Crippen molar-refractivity contribution in [3.8, 4) is 0 Å². The van der Waals surface area contributed by atoms with E-state index in [4.69, 9.17) is 18.5 Å². The molecule has 9 aromatic carbocycles. The maximum absolute atomic E-state index is 8.14. The molecular formula is C53H41O4P. The molecule has 2 atom stereocenters. The predicted octanol–water partition coefficient (Wildman–Crippen LogP) is 12.7. The molecule has 2 heterocycles. The monoisotopic (exact) mass is 772 g/mol. The largest absolute Gasteiger partial charge is 0.341 e. The first-order chi connectivity index (χ1) is 28.5. The van der Waals surface area contributed by atoms with Crippen LogP contribution in [0.2, 0.25) is 0 Å². The highest BCUT2D eigenvalue weighted by Gasteiger charge is 2.68. The van der Waals surface area contributed by atoms with Gasteiger partial charge in [-0.3, -0.25) is 0 Å². The minimum absolute atomic E-state index is 0.728. The van der Waals surface area contributed by atoms with Crippen LogP contribution >= 0.6 is 8.38 Å². The summed E-state index contributed by atoms with van der Waals surface area (Å²) in [5, 5.41) is 9.72. The van der Waals surface area contributed by atoms with Crippen LogP contribution in [0.25, 0.3) is 43.1 Å². The number of rotatable bonds is 5. The van der Waals surface area contributed by atoms with E-state index in [1.165, 1.54) is 0 Å². The van der Waals surface area contributed by atoms with Crippen LogP contribution in [0.5, 0.6) is 0 Å². The number of hydrogen-bond acceptors (Lipinski definition) is 4. The van der Waals surface area contributed by atoms with Gasteiger partial charge in [-0.05, 0) is 91.3 Å². The van der Waals surface area contributed by atoms with Crippen LogP contribution in [0.4, 0.5) is 0 Å². The Morgan fingerprint density at radius 1 is 0.345 bits per heavy atom. The Bertz CT molecular complexity index is 2630. The van der Waals surface area contributed by atoms with Gasteiger partial charge in [-0.25, -0.2) is 0 Å². The molecule has 0 amide bonds. The molecule has 0 bridgehead atoms. The van der Waals surface area contributed by atoms with Crippen LogP contribution in [-0.2, 0) is 29.7 Å². The lowest BCUT2D eigenvalue weighted by molar-refractivity contribution is -0.173. The van der Waals surface area contributed by atoms with Crippen LogP contribution < -0.4 is 5.30 Å². The van der Waals surface area contributed by atoms with Gasteiger partial charge in [-0.1, -0.05) is 188 Å². The molecule has 5 heteroatoms. The second-order valence-electron chi connectivity index (χ2n) is 15.8. The molecule has 282 valence electrons. The van der Waals surface area contributed by atoms with Gasteiger partial charge in [-0.15, -0.1) is 0 Å². The molecule has 0 saturated carbocycles. The van der Waals surface area contributed by atoms with Crippen LogP contribution in [0.3, 0.4) is 0 Å². The van der Waals surface area contributed by atoms with Crippen molar-refractivity contribution in [3.63, 3.8) is 0 Å². The summed E-state index contributed by atoms with van der Waals surface area (Å²) in [6.07, 6.45) is -1.46. The van der Waals surface area contributed by atoms with E-state index >= 15 is 0 Å². The number of fused-ring (bicyclic) bond motifs is 5. The van der Waals surface area contributed by atoms with Crippen molar-refractivity contribution >= 4 is 56.8 Å². The van der Waals surface area contributed by atoms with Gasteiger partial charge in [0.15, 0.2) is 17.0 Å². The Hall–Kier alpha value is -5.71. The molecule has 2 saturated heterocycles. The van der Waals surface area contributed by atoms with Gasteiger partial charge in [0, 0.05) is 5.30 Å². The van der Waals surface area contributed by atoms with E-state index in [9.17, 15) is 0 Å². The maximum atomic E-state index is 8.14. The SMILES string of the molecule is CC1(C)O[C@@H]2[C@@H](O1)C(c1cccc3ccccc13)(c1cccc3ccccc13)OP(c1ccccc1)OC2(c1cccc2ccccc12)c1cccc2ccccc12. The minimum atomic E-state index is -1.90. The molecule has 2 aliphatic heterocycles. The standard InChI is InChI=1S/C53H41O4P/c1-51(2)54-49-50(55-51)53(47-34-16-24-38-20-8-12-30-43(38)47,48-35-17-25-39-21-9-13-31-44(39)48)57-58(40-26-4-3-5-27-40)56-52(49,45-32-14-22-36-18-6-10-28-41(36)45)46-33-15-23-37-19-7-11-29-42(37)46/h3-35,49-50H,1-2H3/t49-,50-/m1/s1. The molecule has 0 unspecified atom stereocenters. The average molecular weight is 773 g/mol.